The highest BCUT2D eigenvalue weighted by Crippen LogP contribution is 2.12. The van der Waals surface area contributed by atoms with Gasteiger partial charge in [-0.15, -0.1) is 0 Å². The predicted octanol–water partition coefficient (Wildman–Crippen LogP) is 1.38. The van der Waals surface area contributed by atoms with Gasteiger partial charge in [-0.3, -0.25) is 4.98 Å². The standard InChI is InChI=1S/C10H14N4/c1-8(6-11)7-14(3)10-9(2)12-4-5-13-10/h4-5,8H,7H2,1-3H3. The molecule has 4 heteroatoms. The number of aryl methyl sites for hydroxylation is 1. The zero-order valence-electron chi connectivity index (χ0n) is 8.73. The van der Waals surface area contributed by atoms with E-state index in [9.17, 15) is 0 Å². The van der Waals surface area contributed by atoms with Crippen LogP contribution in [-0.2, 0) is 0 Å². The molecule has 0 saturated carbocycles. The van der Waals surface area contributed by atoms with Gasteiger partial charge >= 0.3 is 0 Å². The second-order valence-corrected chi connectivity index (χ2v) is 3.38. The number of aromatic nitrogens is 2. The van der Waals surface area contributed by atoms with Crippen molar-refractivity contribution in [1.82, 2.24) is 9.97 Å². The molecular formula is C10H14N4. The van der Waals surface area contributed by atoms with Crippen LogP contribution in [0.5, 0.6) is 0 Å². The maximum absolute atomic E-state index is 8.69. The summed E-state index contributed by atoms with van der Waals surface area (Å²) >= 11 is 0. The van der Waals surface area contributed by atoms with Gasteiger partial charge in [0.1, 0.15) is 5.82 Å². The molecule has 0 radical (unpaired) electrons. The fourth-order valence-electron chi connectivity index (χ4n) is 1.31. The summed E-state index contributed by atoms with van der Waals surface area (Å²) in [5, 5.41) is 8.69. The van der Waals surface area contributed by atoms with E-state index in [0.717, 1.165) is 11.5 Å². The smallest absolute Gasteiger partial charge is 0.149 e. The first kappa shape index (κ1) is 10.5. The van der Waals surface area contributed by atoms with Crippen molar-refractivity contribution < 1.29 is 0 Å². The van der Waals surface area contributed by atoms with Crippen LogP contribution in [0.1, 0.15) is 12.6 Å². The zero-order chi connectivity index (χ0) is 10.6. The number of nitrogens with zero attached hydrogens (tertiary/aromatic N) is 4. The average Bonchev–Trinajstić information content (AvgIpc) is 2.18. The lowest BCUT2D eigenvalue weighted by molar-refractivity contribution is 0.706. The lowest BCUT2D eigenvalue weighted by Gasteiger charge is -2.20. The van der Waals surface area contributed by atoms with E-state index in [1.165, 1.54) is 0 Å². The van der Waals surface area contributed by atoms with Crippen LogP contribution in [-0.4, -0.2) is 23.6 Å². The lowest BCUT2D eigenvalue weighted by Crippen LogP contribution is -2.25. The van der Waals surface area contributed by atoms with Crippen LogP contribution in [0, 0.1) is 24.2 Å². The number of hydrogen-bond donors (Lipinski definition) is 0. The number of rotatable bonds is 3. The Balaban J connectivity index is 2.75. The Hall–Kier alpha value is -1.63. The van der Waals surface area contributed by atoms with Gasteiger partial charge in [0.25, 0.3) is 0 Å². The van der Waals surface area contributed by atoms with Gasteiger partial charge < -0.3 is 4.90 Å². The molecule has 0 saturated heterocycles. The Bertz CT molecular complexity index is 342. The summed E-state index contributed by atoms with van der Waals surface area (Å²) in [6, 6.07) is 2.20. The molecule has 0 spiro atoms. The topological polar surface area (TPSA) is 52.8 Å². The van der Waals surface area contributed by atoms with E-state index in [1.54, 1.807) is 12.4 Å². The van der Waals surface area contributed by atoms with Crippen LogP contribution in [0.2, 0.25) is 0 Å². The first-order valence-electron chi connectivity index (χ1n) is 4.53. The van der Waals surface area contributed by atoms with Crippen molar-refractivity contribution in [3.05, 3.63) is 18.1 Å². The second-order valence-electron chi connectivity index (χ2n) is 3.38. The summed E-state index contributed by atoms with van der Waals surface area (Å²) in [6.07, 6.45) is 3.33. The van der Waals surface area contributed by atoms with Crippen molar-refractivity contribution >= 4 is 5.82 Å². The molecule has 0 aliphatic heterocycles. The van der Waals surface area contributed by atoms with E-state index in [2.05, 4.69) is 16.0 Å². The molecule has 74 valence electrons. The average molecular weight is 190 g/mol. The molecule has 1 rings (SSSR count). The van der Waals surface area contributed by atoms with E-state index in [-0.39, 0.29) is 5.92 Å². The van der Waals surface area contributed by atoms with Crippen molar-refractivity contribution in [2.45, 2.75) is 13.8 Å². The first-order valence-corrected chi connectivity index (χ1v) is 4.53. The highest BCUT2D eigenvalue weighted by Gasteiger charge is 2.09. The summed E-state index contributed by atoms with van der Waals surface area (Å²) in [7, 11) is 1.92. The normalized spacial score (nSPS) is 11.9. The molecule has 1 unspecified atom stereocenters. The molecule has 1 heterocycles. The van der Waals surface area contributed by atoms with Gasteiger partial charge in [-0.1, -0.05) is 0 Å². The summed E-state index contributed by atoms with van der Waals surface area (Å²) in [6.45, 7) is 4.48. The van der Waals surface area contributed by atoms with E-state index in [4.69, 9.17) is 5.26 Å². The Morgan fingerprint density at radius 2 is 2.14 bits per heavy atom. The van der Waals surface area contributed by atoms with E-state index >= 15 is 0 Å². The molecule has 14 heavy (non-hydrogen) atoms. The lowest BCUT2D eigenvalue weighted by atomic mass is 10.2. The van der Waals surface area contributed by atoms with Crippen LogP contribution in [0.15, 0.2) is 12.4 Å². The monoisotopic (exact) mass is 190 g/mol. The largest absolute Gasteiger partial charge is 0.357 e. The van der Waals surface area contributed by atoms with Gasteiger partial charge in [-0.25, -0.2) is 4.98 Å². The Labute approximate surface area is 84.2 Å². The van der Waals surface area contributed by atoms with Crippen molar-refractivity contribution in [3.63, 3.8) is 0 Å². The molecule has 0 fully saturated rings. The molecule has 1 atom stereocenters. The molecule has 1 aromatic rings. The van der Waals surface area contributed by atoms with Crippen LogP contribution in [0.4, 0.5) is 5.82 Å². The number of nitriles is 1. The zero-order valence-corrected chi connectivity index (χ0v) is 8.73. The van der Waals surface area contributed by atoms with Crippen LogP contribution in [0.3, 0.4) is 0 Å². The van der Waals surface area contributed by atoms with Crippen LogP contribution >= 0.6 is 0 Å². The molecule has 0 N–H and O–H groups in total. The summed E-state index contributed by atoms with van der Waals surface area (Å²) < 4.78 is 0. The number of anilines is 1. The molecular weight excluding hydrogens is 176 g/mol. The van der Waals surface area contributed by atoms with Crippen molar-refractivity contribution in [3.8, 4) is 6.07 Å². The Morgan fingerprint density at radius 3 is 2.71 bits per heavy atom. The Kier molecular flexibility index (Phi) is 3.41. The first-order chi connectivity index (χ1) is 6.65. The third kappa shape index (κ3) is 2.43. The van der Waals surface area contributed by atoms with E-state index in [0.29, 0.717) is 6.54 Å². The second kappa shape index (κ2) is 4.56. The summed E-state index contributed by atoms with van der Waals surface area (Å²) in [5.41, 5.74) is 0.889. The third-order valence-corrected chi connectivity index (χ3v) is 1.98. The van der Waals surface area contributed by atoms with Gasteiger partial charge in [0, 0.05) is 26.0 Å². The van der Waals surface area contributed by atoms with Gasteiger partial charge in [-0.2, -0.15) is 5.26 Å². The van der Waals surface area contributed by atoms with Gasteiger partial charge in [0.2, 0.25) is 0 Å². The van der Waals surface area contributed by atoms with Gasteiger partial charge in [-0.05, 0) is 13.8 Å². The highest BCUT2D eigenvalue weighted by atomic mass is 15.2. The SMILES string of the molecule is Cc1nccnc1N(C)CC(C)C#N. The minimum absolute atomic E-state index is 0.00130. The minimum atomic E-state index is 0.00130. The van der Waals surface area contributed by atoms with Crippen molar-refractivity contribution in [1.29, 1.82) is 5.26 Å². The molecule has 4 nitrogen and oxygen atoms in total. The van der Waals surface area contributed by atoms with Crippen molar-refractivity contribution in [2.24, 2.45) is 5.92 Å². The third-order valence-electron chi connectivity index (χ3n) is 1.98. The van der Waals surface area contributed by atoms with E-state index in [1.807, 2.05) is 25.8 Å². The quantitative estimate of drug-likeness (QED) is 0.722. The van der Waals surface area contributed by atoms with Crippen LogP contribution < -0.4 is 4.90 Å². The van der Waals surface area contributed by atoms with E-state index < -0.39 is 0 Å². The molecule has 0 bridgehead atoms. The van der Waals surface area contributed by atoms with Gasteiger partial charge in [0.05, 0.1) is 17.7 Å². The molecule has 1 aromatic heterocycles. The molecule has 0 aliphatic rings. The predicted molar refractivity (Wildman–Crippen MR) is 54.8 cm³/mol. The van der Waals surface area contributed by atoms with Crippen molar-refractivity contribution in [2.75, 3.05) is 18.5 Å². The molecule has 0 amide bonds. The Morgan fingerprint density at radius 1 is 1.50 bits per heavy atom. The summed E-state index contributed by atoms with van der Waals surface area (Å²) in [5.74, 6) is 0.844. The highest BCUT2D eigenvalue weighted by molar-refractivity contribution is 5.41. The fourth-order valence-corrected chi connectivity index (χ4v) is 1.31. The van der Waals surface area contributed by atoms with Gasteiger partial charge in [0.15, 0.2) is 0 Å². The fraction of sp³-hybridized carbons (Fsp3) is 0.500. The number of hydrogen-bond acceptors (Lipinski definition) is 4. The molecule has 0 aromatic carbocycles. The van der Waals surface area contributed by atoms with Crippen LogP contribution in [0.25, 0.3) is 0 Å². The molecule has 0 aliphatic carbocycles. The summed E-state index contributed by atoms with van der Waals surface area (Å²) in [4.78, 5) is 10.3. The maximum Gasteiger partial charge on any atom is 0.149 e. The maximum atomic E-state index is 8.69. The minimum Gasteiger partial charge on any atom is -0.357 e.